The van der Waals surface area contributed by atoms with Crippen LogP contribution in [0.3, 0.4) is 0 Å². The summed E-state index contributed by atoms with van der Waals surface area (Å²) in [5.74, 6) is -1.85. The fraction of sp³-hybridized carbons (Fsp3) is 0.118. The molecule has 26 heavy (non-hydrogen) atoms. The Morgan fingerprint density at radius 3 is 2.58 bits per heavy atom. The van der Waals surface area contributed by atoms with E-state index in [9.17, 15) is 24.5 Å². The van der Waals surface area contributed by atoms with Gasteiger partial charge in [-0.2, -0.15) is 0 Å². The number of benzene rings is 2. The van der Waals surface area contributed by atoms with Crippen LogP contribution in [0.1, 0.15) is 27.6 Å². The molecular weight excluding hydrogens is 364 g/mol. The molecule has 1 amide bonds. The second-order valence-electron chi connectivity index (χ2n) is 5.18. The third-order valence-electron chi connectivity index (χ3n) is 3.26. The first-order valence-electron chi connectivity index (χ1n) is 7.30. The number of hydrogen-bond acceptors (Lipinski definition) is 6. The van der Waals surface area contributed by atoms with Crippen molar-refractivity contribution in [1.29, 1.82) is 0 Å². The van der Waals surface area contributed by atoms with Gasteiger partial charge in [-0.3, -0.25) is 19.7 Å². The van der Waals surface area contributed by atoms with Crippen LogP contribution in [0, 0.1) is 10.1 Å². The Balaban J connectivity index is 2.01. The number of nitro groups is 1. The van der Waals surface area contributed by atoms with Gasteiger partial charge in [0.15, 0.2) is 12.4 Å². The van der Waals surface area contributed by atoms with Gasteiger partial charge in [-0.05, 0) is 31.2 Å². The third-order valence-corrected chi connectivity index (χ3v) is 3.50. The van der Waals surface area contributed by atoms with Crippen LogP contribution in [0.15, 0.2) is 42.5 Å². The number of hydrogen-bond donors (Lipinski definition) is 1. The van der Waals surface area contributed by atoms with E-state index in [2.05, 4.69) is 5.32 Å². The molecule has 2 aromatic rings. The number of amides is 1. The summed E-state index contributed by atoms with van der Waals surface area (Å²) in [6.07, 6.45) is 0. The van der Waals surface area contributed by atoms with Crippen molar-refractivity contribution in [1.82, 2.24) is 0 Å². The van der Waals surface area contributed by atoms with E-state index in [4.69, 9.17) is 16.3 Å². The van der Waals surface area contributed by atoms with Gasteiger partial charge in [0.1, 0.15) is 5.56 Å². The van der Waals surface area contributed by atoms with Gasteiger partial charge in [0.25, 0.3) is 11.6 Å². The molecular formula is C17H13ClN2O6. The number of ether oxygens (including phenoxy) is 1. The van der Waals surface area contributed by atoms with Crippen LogP contribution in [0.2, 0.25) is 5.02 Å². The summed E-state index contributed by atoms with van der Waals surface area (Å²) in [5, 5.41) is 13.5. The van der Waals surface area contributed by atoms with E-state index < -0.39 is 29.1 Å². The maximum atomic E-state index is 12.0. The number of nitrogens with one attached hydrogen (secondary N) is 1. The highest BCUT2D eigenvalue weighted by Crippen LogP contribution is 2.23. The summed E-state index contributed by atoms with van der Waals surface area (Å²) >= 11 is 5.67. The quantitative estimate of drug-likeness (QED) is 0.358. The molecule has 0 aliphatic rings. The monoisotopic (exact) mass is 376 g/mol. The maximum Gasteiger partial charge on any atom is 0.345 e. The van der Waals surface area contributed by atoms with Crippen molar-refractivity contribution >= 4 is 40.6 Å². The molecule has 0 saturated heterocycles. The molecule has 0 fully saturated rings. The standard InChI is InChI=1S/C17H13ClN2O6/c1-10(21)11-3-2-4-13(7-11)19-16(22)9-26-17(23)14-6-5-12(18)8-15(14)20(24)25/h2-8H,9H2,1H3,(H,19,22). The lowest BCUT2D eigenvalue weighted by Gasteiger charge is -2.08. The number of ketones is 1. The van der Waals surface area contributed by atoms with Gasteiger partial charge in [-0.15, -0.1) is 0 Å². The predicted octanol–water partition coefficient (Wildman–Crippen LogP) is 3.25. The number of carbonyl (C=O) groups excluding carboxylic acids is 3. The summed E-state index contributed by atoms with van der Waals surface area (Å²) in [5.41, 5.74) is -0.0596. The van der Waals surface area contributed by atoms with Crippen LogP contribution >= 0.6 is 11.6 Å². The third kappa shape index (κ3) is 4.87. The Morgan fingerprint density at radius 1 is 1.19 bits per heavy atom. The number of halogens is 1. The normalized spacial score (nSPS) is 10.1. The number of nitrogens with zero attached hydrogens (tertiary/aromatic N) is 1. The summed E-state index contributed by atoms with van der Waals surface area (Å²) in [7, 11) is 0. The Kier molecular flexibility index (Phi) is 6.03. The van der Waals surface area contributed by atoms with Crippen molar-refractivity contribution in [3.05, 3.63) is 68.7 Å². The maximum absolute atomic E-state index is 12.0. The van der Waals surface area contributed by atoms with Crippen molar-refractivity contribution in [2.75, 3.05) is 11.9 Å². The van der Waals surface area contributed by atoms with E-state index in [0.29, 0.717) is 11.3 Å². The minimum absolute atomic E-state index is 0.0938. The fourth-order valence-corrected chi connectivity index (χ4v) is 2.22. The van der Waals surface area contributed by atoms with Crippen LogP contribution in [0.5, 0.6) is 0 Å². The molecule has 2 aromatic carbocycles. The predicted molar refractivity (Wildman–Crippen MR) is 93.5 cm³/mol. The highest BCUT2D eigenvalue weighted by atomic mass is 35.5. The molecule has 0 aliphatic heterocycles. The first-order chi connectivity index (χ1) is 12.3. The average Bonchev–Trinajstić information content (AvgIpc) is 2.59. The van der Waals surface area contributed by atoms with Gasteiger partial charge in [0.2, 0.25) is 0 Å². The second-order valence-corrected chi connectivity index (χ2v) is 5.62. The van der Waals surface area contributed by atoms with E-state index in [1.54, 1.807) is 18.2 Å². The molecule has 0 saturated carbocycles. The number of rotatable bonds is 6. The lowest BCUT2D eigenvalue weighted by molar-refractivity contribution is -0.385. The number of nitro benzene ring substituents is 1. The minimum atomic E-state index is -1.03. The smallest absolute Gasteiger partial charge is 0.345 e. The van der Waals surface area contributed by atoms with E-state index in [0.717, 1.165) is 12.1 Å². The molecule has 134 valence electrons. The SMILES string of the molecule is CC(=O)c1cccc(NC(=O)COC(=O)c2ccc(Cl)cc2[N+](=O)[O-])c1. The topological polar surface area (TPSA) is 116 Å². The Labute approximate surface area is 152 Å². The summed E-state index contributed by atoms with van der Waals surface area (Å²) in [4.78, 5) is 45.4. The molecule has 0 spiro atoms. The number of carbonyl (C=O) groups is 3. The van der Waals surface area contributed by atoms with Crippen LogP contribution in [-0.2, 0) is 9.53 Å². The molecule has 9 heteroatoms. The highest BCUT2D eigenvalue weighted by Gasteiger charge is 2.22. The van der Waals surface area contributed by atoms with Crippen LogP contribution in [-0.4, -0.2) is 29.2 Å². The zero-order valence-corrected chi connectivity index (χ0v) is 14.3. The van der Waals surface area contributed by atoms with Gasteiger partial charge >= 0.3 is 5.97 Å². The summed E-state index contributed by atoms with van der Waals surface area (Å²) < 4.78 is 4.81. The van der Waals surface area contributed by atoms with Crippen LogP contribution in [0.4, 0.5) is 11.4 Å². The first kappa shape index (κ1) is 19.1. The van der Waals surface area contributed by atoms with E-state index in [1.807, 2.05) is 0 Å². The number of esters is 1. The zero-order chi connectivity index (χ0) is 19.3. The Morgan fingerprint density at radius 2 is 1.92 bits per heavy atom. The lowest BCUT2D eigenvalue weighted by atomic mass is 10.1. The second kappa shape index (κ2) is 8.21. The van der Waals surface area contributed by atoms with Crippen molar-refractivity contribution < 1.29 is 24.0 Å². The Hall–Kier alpha value is -3.26. The highest BCUT2D eigenvalue weighted by molar-refractivity contribution is 6.31. The van der Waals surface area contributed by atoms with Gasteiger partial charge < -0.3 is 10.1 Å². The van der Waals surface area contributed by atoms with E-state index in [1.165, 1.54) is 19.1 Å². The molecule has 8 nitrogen and oxygen atoms in total. The summed E-state index contributed by atoms with van der Waals surface area (Å²) in [6.45, 7) is 0.741. The molecule has 0 bridgehead atoms. The molecule has 0 radical (unpaired) electrons. The minimum Gasteiger partial charge on any atom is -0.452 e. The van der Waals surface area contributed by atoms with Crippen molar-refractivity contribution in [3.8, 4) is 0 Å². The van der Waals surface area contributed by atoms with E-state index in [-0.39, 0.29) is 16.4 Å². The number of anilines is 1. The van der Waals surface area contributed by atoms with Gasteiger partial charge in [-0.1, -0.05) is 23.7 Å². The van der Waals surface area contributed by atoms with Gasteiger partial charge in [0, 0.05) is 22.3 Å². The molecule has 1 N–H and O–H groups in total. The molecule has 0 heterocycles. The zero-order valence-electron chi connectivity index (χ0n) is 13.5. The van der Waals surface area contributed by atoms with Crippen molar-refractivity contribution in [2.24, 2.45) is 0 Å². The molecule has 2 rings (SSSR count). The summed E-state index contributed by atoms with van der Waals surface area (Å²) in [6, 6.07) is 9.70. The Bertz CT molecular complexity index is 897. The molecule has 0 aromatic heterocycles. The molecule has 0 aliphatic carbocycles. The van der Waals surface area contributed by atoms with Crippen LogP contribution in [0.25, 0.3) is 0 Å². The first-order valence-corrected chi connectivity index (χ1v) is 7.67. The van der Waals surface area contributed by atoms with Crippen molar-refractivity contribution in [2.45, 2.75) is 6.92 Å². The lowest BCUT2D eigenvalue weighted by Crippen LogP contribution is -2.21. The largest absolute Gasteiger partial charge is 0.452 e. The van der Waals surface area contributed by atoms with E-state index >= 15 is 0 Å². The molecule has 0 atom stereocenters. The fourth-order valence-electron chi connectivity index (χ4n) is 2.05. The van der Waals surface area contributed by atoms with Crippen molar-refractivity contribution in [3.63, 3.8) is 0 Å². The molecule has 0 unspecified atom stereocenters. The van der Waals surface area contributed by atoms with Gasteiger partial charge in [0.05, 0.1) is 4.92 Å². The number of Topliss-reactive ketones (excluding diaryl/α,β-unsaturated/α-hetero) is 1. The average molecular weight is 377 g/mol. The van der Waals surface area contributed by atoms with Gasteiger partial charge in [-0.25, -0.2) is 4.79 Å². The van der Waals surface area contributed by atoms with Crippen LogP contribution < -0.4 is 5.32 Å².